The third kappa shape index (κ3) is 1.78. The van der Waals surface area contributed by atoms with Crippen LogP contribution >= 0.6 is 11.8 Å². The lowest BCUT2D eigenvalue weighted by Crippen LogP contribution is -2.26. The van der Waals surface area contributed by atoms with E-state index in [1.807, 2.05) is 0 Å². The van der Waals surface area contributed by atoms with Crippen molar-refractivity contribution in [3.8, 4) is 23.0 Å². The lowest BCUT2D eigenvalue weighted by atomic mass is 10.2. The number of para-hydroxylation sites is 1. The maximum atomic E-state index is 13.0. The Morgan fingerprint density at radius 1 is 1.22 bits per heavy atom. The van der Waals surface area contributed by atoms with Crippen LogP contribution in [0.2, 0.25) is 0 Å². The van der Waals surface area contributed by atoms with Crippen LogP contribution < -0.4 is 9.47 Å². The van der Waals surface area contributed by atoms with Crippen molar-refractivity contribution in [3.63, 3.8) is 0 Å². The smallest absolute Gasteiger partial charge is 0.411 e. The maximum Gasteiger partial charge on any atom is 0.586 e. The molecule has 5 nitrogen and oxygen atoms in total. The van der Waals surface area contributed by atoms with Crippen molar-refractivity contribution in [3.05, 3.63) is 18.2 Å². The number of aromatic nitrogens is 2. The average molecular weight is 272 g/mol. The zero-order valence-corrected chi connectivity index (χ0v) is 9.83. The molecule has 3 rings (SSSR count). The van der Waals surface area contributed by atoms with Crippen LogP contribution in [-0.4, -0.2) is 22.7 Å². The van der Waals surface area contributed by atoms with E-state index in [-0.39, 0.29) is 23.0 Å². The summed E-state index contributed by atoms with van der Waals surface area (Å²) in [6, 6.07) is 4.47. The highest BCUT2D eigenvalue weighted by atomic mass is 32.2. The quantitative estimate of drug-likeness (QED) is 0.783. The van der Waals surface area contributed by atoms with Gasteiger partial charge in [0.15, 0.2) is 11.5 Å². The van der Waals surface area contributed by atoms with Crippen molar-refractivity contribution in [1.29, 1.82) is 0 Å². The van der Waals surface area contributed by atoms with E-state index in [1.54, 1.807) is 18.4 Å². The number of ether oxygens (including phenoxy) is 2. The first-order valence-corrected chi connectivity index (χ1v) is 6.08. The molecule has 1 aromatic carbocycles. The number of rotatable bonds is 2. The van der Waals surface area contributed by atoms with Gasteiger partial charge in [-0.25, -0.2) is 0 Å². The van der Waals surface area contributed by atoms with Gasteiger partial charge < -0.3 is 13.9 Å². The van der Waals surface area contributed by atoms with Crippen molar-refractivity contribution < 1.29 is 22.7 Å². The molecule has 8 heteroatoms. The summed E-state index contributed by atoms with van der Waals surface area (Å²) in [5, 5.41) is 7.84. The second-order valence-electron chi connectivity index (χ2n) is 3.38. The van der Waals surface area contributed by atoms with Gasteiger partial charge >= 0.3 is 6.29 Å². The SMILES string of the molecule is CSc1nnc(-c2cccc3c2OC(F)(F)O3)o1. The molecule has 0 saturated carbocycles. The number of halogens is 2. The molecule has 0 spiro atoms. The largest absolute Gasteiger partial charge is 0.586 e. The van der Waals surface area contributed by atoms with Crippen LogP contribution in [-0.2, 0) is 0 Å². The first kappa shape index (κ1) is 11.3. The minimum Gasteiger partial charge on any atom is -0.411 e. The standard InChI is InChI=1S/C10H6F2N2O3S/c1-18-9-14-13-8(15-9)5-3-2-4-6-7(5)17-10(11,12)16-6/h2-4H,1H3. The molecular formula is C10H6F2N2O3S. The maximum absolute atomic E-state index is 13.0. The molecule has 18 heavy (non-hydrogen) atoms. The molecule has 2 aromatic rings. The van der Waals surface area contributed by atoms with E-state index in [0.29, 0.717) is 5.22 Å². The summed E-state index contributed by atoms with van der Waals surface area (Å²) < 4.78 is 40.0. The molecule has 0 unspecified atom stereocenters. The summed E-state index contributed by atoms with van der Waals surface area (Å²) in [6.45, 7) is 0. The predicted molar refractivity (Wildman–Crippen MR) is 57.7 cm³/mol. The Labute approximate surface area is 104 Å². The van der Waals surface area contributed by atoms with Gasteiger partial charge in [-0.3, -0.25) is 0 Å². The lowest BCUT2D eigenvalue weighted by Gasteiger charge is -2.05. The van der Waals surface area contributed by atoms with Gasteiger partial charge in [-0.05, 0) is 18.4 Å². The third-order valence-electron chi connectivity index (χ3n) is 2.24. The number of benzene rings is 1. The zero-order chi connectivity index (χ0) is 12.8. The molecule has 0 bridgehead atoms. The fourth-order valence-electron chi connectivity index (χ4n) is 1.54. The number of thioether (sulfide) groups is 1. The summed E-state index contributed by atoms with van der Waals surface area (Å²) in [5.41, 5.74) is 0.275. The molecule has 1 aliphatic rings. The van der Waals surface area contributed by atoms with Gasteiger partial charge in [0.05, 0.1) is 5.56 Å². The highest BCUT2D eigenvalue weighted by Crippen LogP contribution is 2.46. The lowest BCUT2D eigenvalue weighted by molar-refractivity contribution is -0.286. The molecule has 0 radical (unpaired) electrons. The monoisotopic (exact) mass is 272 g/mol. The van der Waals surface area contributed by atoms with Gasteiger partial charge in [0.2, 0.25) is 0 Å². The Balaban J connectivity index is 2.07. The molecule has 2 heterocycles. The molecule has 1 aliphatic heterocycles. The van der Waals surface area contributed by atoms with Gasteiger partial charge in [-0.1, -0.05) is 17.8 Å². The highest BCUT2D eigenvalue weighted by Gasteiger charge is 2.45. The number of hydrogen-bond donors (Lipinski definition) is 0. The normalized spacial score (nSPS) is 15.9. The molecule has 0 saturated heterocycles. The van der Waals surface area contributed by atoms with E-state index >= 15 is 0 Å². The van der Waals surface area contributed by atoms with E-state index in [2.05, 4.69) is 19.7 Å². The van der Waals surface area contributed by atoms with Crippen molar-refractivity contribution in [2.45, 2.75) is 11.5 Å². The molecule has 1 aromatic heterocycles. The molecule has 0 amide bonds. The van der Waals surface area contributed by atoms with Gasteiger partial charge in [0.25, 0.3) is 11.1 Å². The van der Waals surface area contributed by atoms with Crippen LogP contribution in [0.25, 0.3) is 11.5 Å². The van der Waals surface area contributed by atoms with Crippen LogP contribution in [0, 0.1) is 0 Å². The van der Waals surface area contributed by atoms with Crippen LogP contribution in [0.1, 0.15) is 0 Å². The molecular weight excluding hydrogens is 266 g/mol. The molecule has 0 N–H and O–H groups in total. The summed E-state index contributed by atoms with van der Waals surface area (Å²) in [4.78, 5) is 0. The summed E-state index contributed by atoms with van der Waals surface area (Å²) in [6.07, 6.45) is -1.90. The summed E-state index contributed by atoms with van der Waals surface area (Å²) >= 11 is 1.26. The van der Waals surface area contributed by atoms with Crippen LogP contribution in [0.3, 0.4) is 0 Å². The van der Waals surface area contributed by atoms with Gasteiger partial charge in [0.1, 0.15) is 0 Å². The summed E-state index contributed by atoms with van der Waals surface area (Å²) in [7, 11) is 0. The van der Waals surface area contributed by atoms with Gasteiger partial charge in [0, 0.05) is 0 Å². The molecule has 0 aliphatic carbocycles. The van der Waals surface area contributed by atoms with Crippen molar-refractivity contribution in [2.24, 2.45) is 0 Å². The first-order chi connectivity index (χ1) is 8.59. The van der Waals surface area contributed by atoms with Gasteiger partial charge in [-0.15, -0.1) is 19.0 Å². The van der Waals surface area contributed by atoms with Crippen molar-refractivity contribution in [2.75, 3.05) is 6.26 Å². The molecule has 0 fully saturated rings. The summed E-state index contributed by atoms with van der Waals surface area (Å²) in [5.74, 6) is -0.0438. The number of alkyl halides is 2. The second kappa shape index (κ2) is 3.84. The number of nitrogens with zero attached hydrogens (tertiary/aromatic N) is 2. The molecule has 94 valence electrons. The highest BCUT2D eigenvalue weighted by molar-refractivity contribution is 7.98. The van der Waals surface area contributed by atoms with E-state index < -0.39 is 6.29 Å². The number of hydrogen-bond acceptors (Lipinski definition) is 6. The van der Waals surface area contributed by atoms with E-state index in [9.17, 15) is 8.78 Å². The predicted octanol–water partition coefficient (Wildman–Crippen LogP) is 2.78. The Kier molecular flexibility index (Phi) is 2.40. The van der Waals surface area contributed by atoms with E-state index in [4.69, 9.17) is 4.42 Å². The Bertz CT molecular complexity index is 603. The Morgan fingerprint density at radius 2 is 2.06 bits per heavy atom. The first-order valence-electron chi connectivity index (χ1n) is 4.86. The zero-order valence-electron chi connectivity index (χ0n) is 9.02. The van der Waals surface area contributed by atoms with Gasteiger partial charge in [-0.2, -0.15) is 0 Å². The van der Waals surface area contributed by atoms with Crippen LogP contribution in [0.4, 0.5) is 8.78 Å². The van der Waals surface area contributed by atoms with E-state index in [1.165, 1.54) is 17.8 Å². The minimum absolute atomic E-state index is 0.0543. The van der Waals surface area contributed by atoms with Crippen molar-refractivity contribution >= 4 is 11.8 Å². The second-order valence-corrected chi connectivity index (χ2v) is 4.14. The fraction of sp³-hybridized carbons (Fsp3) is 0.200. The third-order valence-corrected chi connectivity index (χ3v) is 2.75. The average Bonchev–Trinajstić information content (AvgIpc) is 2.89. The Morgan fingerprint density at radius 3 is 2.78 bits per heavy atom. The fourth-order valence-corrected chi connectivity index (χ4v) is 1.82. The van der Waals surface area contributed by atoms with E-state index in [0.717, 1.165) is 0 Å². The minimum atomic E-state index is -3.67. The van der Waals surface area contributed by atoms with Crippen LogP contribution in [0.5, 0.6) is 11.5 Å². The van der Waals surface area contributed by atoms with Crippen molar-refractivity contribution in [1.82, 2.24) is 10.2 Å². The van der Waals surface area contributed by atoms with Crippen LogP contribution in [0.15, 0.2) is 27.8 Å². The molecule has 0 atom stereocenters. The topological polar surface area (TPSA) is 57.4 Å². The Hall–Kier alpha value is -1.83. The number of fused-ring (bicyclic) bond motifs is 1.